The zero-order valence-corrected chi connectivity index (χ0v) is 15.5. The lowest BCUT2D eigenvalue weighted by Crippen LogP contribution is -2.18. The lowest BCUT2D eigenvalue weighted by molar-refractivity contribution is -0.112. The van der Waals surface area contributed by atoms with E-state index >= 15 is 0 Å². The first-order valence-electron chi connectivity index (χ1n) is 8.91. The molecule has 0 saturated carbocycles. The van der Waals surface area contributed by atoms with Gasteiger partial charge in [0.1, 0.15) is 11.6 Å². The predicted molar refractivity (Wildman–Crippen MR) is 101 cm³/mol. The summed E-state index contributed by atoms with van der Waals surface area (Å²) in [6.45, 7) is 8.48. The number of benzene rings is 1. The van der Waals surface area contributed by atoms with Crippen molar-refractivity contribution in [3.8, 4) is 6.07 Å². The number of nitrogens with zero attached hydrogens (tertiary/aromatic N) is 1. The van der Waals surface area contributed by atoms with E-state index in [1.807, 2.05) is 30.3 Å². The van der Waals surface area contributed by atoms with Gasteiger partial charge in [-0.1, -0.05) is 39.3 Å². The molecule has 0 fully saturated rings. The topological polar surface area (TPSA) is 74.1 Å². The summed E-state index contributed by atoms with van der Waals surface area (Å²) in [7, 11) is 0. The number of anilines is 1. The lowest BCUT2D eigenvalue weighted by atomic mass is 10.0. The second kappa shape index (κ2) is 12.1. The molecule has 1 aromatic carbocycles. The third-order valence-electron chi connectivity index (χ3n) is 3.70. The molecular weight excluding hydrogens is 314 g/mol. The van der Waals surface area contributed by atoms with Crippen LogP contribution in [0.25, 0.3) is 0 Å². The molecule has 0 aromatic heterocycles. The van der Waals surface area contributed by atoms with Crippen LogP contribution < -0.4 is 10.6 Å². The molecule has 0 radical (unpaired) electrons. The number of carbonyl (C=O) groups is 1. The van der Waals surface area contributed by atoms with Gasteiger partial charge >= 0.3 is 0 Å². The van der Waals surface area contributed by atoms with E-state index in [-0.39, 0.29) is 5.57 Å². The average molecular weight is 343 g/mol. The molecule has 0 unspecified atom stereocenters. The maximum absolute atomic E-state index is 12.1. The van der Waals surface area contributed by atoms with Crippen molar-refractivity contribution in [3.05, 3.63) is 41.6 Å². The van der Waals surface area contributed by atoms with E-state index in [4.69, 9.17) is 10.00 Å². The van der Waals surface area contributed by atoms with E-state index in [1.54, 1.807) is 0 Å². The molecule has 25 heavy (non-hydrogen) atoms. The number of unbranched alkanes of at least 4 members (excludes halogenated alkanes) is 1. The molecule has 1 rings (SSSR count). The highest BCUT2D eigenvalue weighted by Crippen LogP contribution is 2.17. The fraction of sp³-hybridized carbons (Fsp3) is 0.500. The number of rotatable bonds is 11. The molecule has 1 aromatic rings. The summed E-state index contributed by atoms with van der Waals surface area (Å²) in [6, 6.07) is 9.58. The minimum atomic E-state index is -0.411. The van der Waals surface area contributed by atoms with E-state index in [0.29, 0.717) is 24.8 Å². The van der Waals surface area contributed by atoms with Crippen LogP contribution in [0.3, 0.4) is 0 Å². The van der Waals surface area contributed by atoms with Crippen LogP contribution in [0.2, 0.25) is 0 Å². The summed E-state index contributed by atoms with van der Waals surface area (Å²) in [4.78, 5) is 12.1. The molecule has 0 aliphatic heterocycles. The summed E-state index contributed by atoms with van der Waals surface area (Å²) >= 11 is 0. The summed E-state index contributed by atoms with van der Waals surface area (Å²) in [5, 5.41) is 14.9. The Morgan fingerprint density at radius 2 is 1.92 bits per heavy atom. The molecular formula is C20H29N3O2. The first-order chi connectivity index (χ1) is 12.1. The van der Waals surface area contributed by atoms with E-state index in [9.17, 15) is 4.79 Å². The molecule has 1 amide bonds. The molecule has 0 atom stereocenters. The van der Waals surface area contributed by atoms with Crippen LogP contribution in [0.1, 0.15) is 51.5 Å². The van der Waals surface area contributed by atoms with Gasteiger partial charge in [-0.2, -0.15) is 5.26 Å². The number of carbonyl (C=O) groups excluding carboxylic acids is 1. The summed E-state index contributed by atoms with van der Waals surface area (Å²) in [5.74, 6) is 0.0287. The molecule has 0 aliphatic carbocycles. The molecule has 0 heterocycles. The fourth-order valence-electron chi connectivity index (χ4n) is 2.10. The number of ether oxygens (including phenoxy) is 1. The van der Waals surface area contributed by atoms with Gasteiger partial charge in [0, 0.05) is 31.6 Å². The van der Waals surface area contributed by atoms with Crippen LogP contribution in [-0.4, -0.2) is 25.7 Å². The lowest BCUT2D eigenvalue weighted by Gasteiger charge is -2.08. The number of nitriles is 1. The zero-order valence-electron chi connectivity index (χ0n) is 15.5. The highest BCUT2D eigenvalue weighted by Gasteiger charge is 2.09. The van der Waals surface area contributed by atoms with E-state index in [0.717, 1.165) is 25.9 Å². The van der Waals surface area contributed by atoms with E-state index < -0.39 is 5.91 Å². The van der Waals surface area contributed by atoms with Crippen molar-refractivity contribution in [2.45, 2.75) is 46.0 Å². The van der Waals surface area contributed by atoms with Crippen molar-refractivity contribution >= 4 is 11.6 Å². The number of nitrogens with one attached hydrogen (secondary N) is 2. The Balaban J connectivity index is 2.39. The van der Waals surface area contributed by atoms with Crippen LogP contribution in [-0.2, 0) is 9.53 Å². The molecule has 5 heteroatoms. The Kier molecular flexibility index (Phi) is 10.0. The van der Waals surface area contributed by atoms with Gasteiger partial charge in [0.25, 0.3) is 5.91 Å². The van der Waals surface area contributed by atoms with Crippen LogP contribution >= 0.6 is 0 Å². The highest BCUT2D eigenvalue weighted by atomic mass is 16.5. The SMILES string of the molecule is CCCCOCCCN/C=C(/C#N)C(=O)Nc1ccc(C(C)C)cc1. The fourth-order valence-corrected chi connectivity index (χ4v) is 2.10. The van der Waals surface area contributed by atoms with Crippen LogP contribution in [0, 0.1) is 11.3 Å². The minimum absolute atomic E-state index is 0.0554. The van der Waals surface area contributed by atoms with Crippen LogP contribution in [0.5, 0.6) is 0 Å². The standard InChI is InChI=1S/C20H29N3O2/c1-4-5-12-25-13-6-11-22-15-18(14-21)20(24)23-19-9-7-17(8-10-19)16(2)3/h7-10,15-16,22H,4-6,11-13H2,1-3H3,(H,23,24)/b18-15-. The Labute approximate surface area is 151 Å². The van der Waals surface area contributed by atoms with Gasteiger partial charge in [-0.15, -0.1) is 0 Å². The van der Waals surface area contributed by atoms with Crippen molar-refractivity contribution in [3.63, 3.8) is 0 Å². The second-order valence-electron chi connectivity index (χ2n) is 6.17. The van der Waals surface area contributed by atoms with Gasteiger partial charge in [0.05, 0.1) is 0 Å². The number of hydrogen-bond donors (Lipinski definition) is 2. The minimum Gasteiger partial charge on any atom is -0.390 e. The van der Waals surface area contributed by atoms with Crippen molar-refractivity contribution in [1.82, 2.24) is 5.32 Å². The normalized spacial score (nSPS) is 11.2. The molecule has 0 aliphatic rings. The average Bonchev–Trinajstić information content (AvgIpc) is 2.61. The summed E-state index contributed by atoms with van der Waals surface area (Å²) in [6.07, 6.45) is 4.49. The summed E-state index contributed by atoms with van der Waals surface area (Å²) < 4.78 is 5.46. The molecule has 136 valence electrons. The predicted octanol–water partition coefficient (Wildman–Crippen LogP) is 3.95. The van der Waals surface area contributed by atoms with Gasteiger partial charge < -0.3 is 15.4 Å². The highest BCUT2D eigenvalue weighted by molar-refractivity contribution is 6.06. The molecule has 5 nitrogen and oxygen atoms in total. The maximum Gasteiger partial charge on any atom is 0.267 e. The first kappa shape index (κ1) is 20.7. The molecule has 0 bridgehead atoms. The van der Waals surface area contributed by atoms with Crippen LogP contribution in [0.15, 0.2) is 36.0 Å². The van der Waals surface area contributed by atoms with Crippen molar-refractivity contribution in [2.75, 3.05) is 25.1 Å². The van der Waals surface area contributed by atoms with Gasteiger partial charge in [-0.05, 0) is 36.5 Å². The van der Waals surface area contributed by atoms with Gasteiger partial charge in [-0.25, -0.2) is 0 Å². The Bertz CT molecular complexity index is 586. The third-order valence-corrected chi connectivity index (χ3v) is 3.70. The molecule has 2 N–H and O–H groups in total. The monoisotopic (exact) mass is 343 g/mol. The Morgan fingerprint density at radius 3 is 2.52 bits per heavy atom. The maximum atomic E-state index is 12.1. The molecule has 0 spiro atoms. The van der Waals surface area contributed by atoms with Crippen molar-refractivity contribution in [1.29, 1.82) is 5.26 Å². The second-order valence-corrected chi connectivity index (χ2v) is 6.17. The van der Waals surface area contributed by atoms with Crippen LogP contribution in [0.4, 0.5) is 5.69 Å². The number of hydrogen-bond acceptors (Lipinski definition) is 4. The van der Waals surface area contributed by atoms with Crippen molar-refractivity contribution < 1.29 is 9.53 Å². The summed E-state index contributed by atoms with van der Waals surface area (Å²) in [5.41, 5.74) is 1.94. The van der Waals surface area contributed by atoms with E-state index in [2.05, 4.69) is 31.4 Å². The third kappa shape index (κ3) is 8.37. The van der Waals surface area contributed by atoms with Gasteiger partial charge in [0.2, 0.25) is 0 Å². The smallest absolute Gasteiger partial charge is 0.267 e. The van der Waals surface area contributed by atoms with Gasteiger partial charge in [-0.3, -0.25) is 4.79 Å². The molecule has 0 saturated heterocycles. The Morgan fingerprint density at radius 1 is 1.24 bits per heavy atom. The van der Waals surface area contributed by atoms with Gasteiger partial charge in [0.15, 0.2) is 0 Å². The van der Waals surface area contributed by atoms with Crippen molar-refractivity contribution in [2.24, 2.45) is 0 Å². The van der Waals surface area contributed by atoms with E-state index in [1.165, 1.54) is 11.8 Å². The quantitative estimate of drug-likeness (QED) is 0.362. The zero-order chi connectivity index (χ0) is 18.5. The number of amides is 1. The first-order valence-corrected chi connectivity index (χ1v) is 8.91. The largest absolute Gasteiger partial charge is 0.390 e. The Hall–Kier alpha value is -2.32.